The van der Waals surface area contributed by atoms with Crippen LogP contribution in [0.25, 0.3) is 0 Å². The molecule has 0 saturated heterocycles. The molecule has 0 unspecified atom stereocenters. The molecule has 0 saturated carbocycles. The average Bonchev–Trinajstić information content (AvgIpc) is 2.49. The second kappa shape index (κ2) is 6.99. The number of para-hydroxylation sites is 1. The van der Waals surface area contributed by atoms with E-state index in [9.17, 15) is 9.90 Å². The molecule has 2 aromatic rings. The number of hydrogen-bond acceptors (Lipinski definition) is 3. The van der Waals surface area contributed by atoms with E-state index in [0.717, 1.165) is 11.3 Å². The van der Waals surface area contributed by atoms with E-state index in [0.29, 0.717) is 23.7 Å². The summed E-state index contributed by atoms with van der Waals surface area (Å²) in [6.07, 6.45) is 0. The van der Waals surface area contributed by atoms with E-state index < -0.39 is 0 Å². The minimum atomic E-state index is -0.0865. The number of halogens is 1. The highest BCUT2D eigenvalue weighted by Crippen LogP contribution is 2.27. The van der Waals surface area contributed by atoms with Crippen LogP contribution in [0.2, 0.25) is 5.02 Å². The molecule has 0 spiro atoms. The highest BCUT2D eigenvalue weighted by molar-refractivity contribution is 6.32. The fraction of sp³-hybridized carbons (Fsp3) is 0.188. The number of carbonyl (C=O) groups excluding carboxylic acids is 1. The van der Waals surface area contributed by atoms with Gasteiger partial charge in [0, 0.05) is 29.9 Å². The first kappa shape index (κ1) is 15.2. The Labute approximate surface area is 128 Å². The van der Waals surface area contributed by atoms with Gasteiger partial charge in [-0.3, -0.25) is 4.79 Å². The molecule has 2 rings (SSSR count). The topological polar surface area (TPSA) is 61.4 Å². The Bertz CT molecular complexity index is 627. The minimum Gasteiger partial charge on any atom is -0.506 e. The molecular weight excluding hydrogens is 288 g/mol. The number of amides is 1. The summed E-state index contributed by atoms with van der Waals surface area (Å²) in [5.41, 5.74) is 2.20. The van der Waals surface area contributed by atoms with E-state index in [2.05, 4.69) is 10.6 Å². The Morgan fingerprint density at radius 1 is 1.19 bits per heavy atom. The van der Waals surface area contributed by atoms with E-state index in [1.807, 2.05) is 19.1 Å². The van der Waals surface area contributed by atoms with Crippen LogP contribution >= 0.6 is 11.6 Å². The van der Waals surface area contributed by atoms with Crippen LogP contribution in [0.4, 0.5) is 5.69 Å². The van der Waals surface area contributed by atoms with Crippen molar-refractivity contribution in [1.29, 1.82) is 0 Å². The Morgan fingerprint density at radius 2 is 1.90 bits per heavy atom. The number of anilines is 1. The number of phenolic OH excluding ortho intramolecular Hbond substituents is 1. The second-order valence-electron chi connectivity index (χ2n) is 4.54. The largest absolute Gasteiger partial charge is 0.506 e. The van der Waals surface area contributed by atoms with Gasteiger partial charge in [0.1, 0.15) is 5.75 Å². The first-order valence-electron chi connectivity index (χ1n) is 6.70. The van der Waals surface area contributed by atoms with Gasteiger partial charge in [-0.25, -0.2) is 0 Å². The molecule has 1 amide bonds. The van der Waals surface area contributed by atoms with Crippen LogP contribution in [0.15, 0.2) is 42.5 Å². The molecule has 0 aliphatic rings. The minimum absolute atomic E-state index is 0.0865. The Morgan fingerprint density at radius 3 is 2.57 bits per heavy atom. The number of aromatic hydroxyl groups is 1. The molecule has 0 aliphatic heterocycles. The third-order valence-electron chi connectivity index (χ3n) is 3.04. The summed E-state index contributed by atoms with van der Waals surface area (Å²) >= 11 is 5.86. The lowest BCUT2D eigenvalue weighted by molar-refractivity contribution is 0.0956. The van der Waals surface area contributed by atoms with Gasteiger partial charge in [0.05, 0.1) is 5.02 Å². The number of hydrogen-bond donors (Lipinski definition) is 3. The molecule has 5 heteroatoms. The standard InChI is InChI=1S/C16H17ClN2O2/c1-2-18-16(21)11-6-8-13(9-7-11)19-10-12-4-3-5-14(17)15(12)20/h3-9,19-20H,2,10H2,1H3,(H,18,21). The summed E-state index contributed by atoms with van der Waals surface area (Å²) in [7, 11) is 0. The van der Waals surface area contributed by atoms with Crippen molar-refractivity contribution in [1.82, 2.24) is 5.32 Å². The zero-order chi connectivity index (χ0) is 15.2. The maximum Gasteiger partial charge on any atom is 0.251 e. The van der Waals surface area contributed by atoms with Crippen molar-refractivity contribution in [2.75, 3.05) is 11.9 Å². The fourth-order valence-electron chi connectivity index (χ4n) is 1.90. The van der Waals surface area contributed by atoms with E-state index in [1.165, 1.54) is 0 Å². The second-order valence-corrected chi connectivity index (χ2v) is 4.95. The van der Waals surface area contributed by atoms with Crippen LogP contribution in [0.3, 0.4) is 0 Å². The number of carbonyl (C=O) groups is 1. The Kier molecular flexibility index (Phi) is 5.06. The summed E-state index contributed by atoms with van der Waals surface area (Å²) in [6, 6.07) is 12.4. The normalized spacial score (nSPS) is 10.2. The summed E-state index contributed by atoms with van der Waals surface area (Å²) < 4.78 is 0. The number of benzene rings is 2. The van der Waals surface area contributed by atoms with Gasteiger partial charge in [-0.15, -0.1) is 0 Å². The van der Waals surface area contributed by atoms with Crippen LogP contribution in [-0.4, -0.2) is 17.6 Å². The van der Waals surface area contributed by atoms with Crippen molar-refractivity contribution in [2.45, 2.75) is 13.5 Å². The molecule has 4 nitrogen and oxygen atoms in total. The SMILES string of the molecule is CCNC(=O)c1ccc(NCc2cccc(Cl)c2O)cc1. The first-order chi connectivity index (χ1) is 10.1. The van der Waals surface area contributed by atoms with Gasteiger partial charge < -0.3 is 15.7 Å². The molecule has 0 heterocycles. The van der Waals surface area contributed by atoms with Gasteiger partial charge in [-0.05, 0) is 37.3 Å². The molecule has 0 radical (unpaired) electrons. The zero-order valence-electron chi connectivity index (χ0n) is 11.7. The van der Waals surface area contributed by atoms with Crippen molar-refractivity contribution in [3.8, 4) is 5.75 Å². The van der Waals surface area contributed by atoms with Crippen molar-refractivity contribution >= 4 is 23.2 Å². The predicted molar refractivity (Wildman–Crippen MR) is 84.9 cm³/mol. The predicted octanol–water partition coefficient (Wildman–Crippen LogP) is 3.41. The molecule has 0 fully saturated rings. The summed E-state index contributed by atoms with van der Waals surface area (Å²) in [5, 5.41) is 16.1. The van der Waals surface area contributed by atoms with Crippen molar-refractivity contribution in [3.63, 3.8) is 0 Å². The summed E-state index contributed by atoms with van der Waals surface area (Å²) in [4.78, 5) is 11.6. The highest BCUT2D eigenvalue weighted by atomic mass is 35.5. The highest BCUT2D eigenvalue weighted by Gasteiger charge is 2.06. The fourth-order valence-corrected chi connectivity index (χ4v) is 2.10. The van der Waals surface area contributed by atoms with Gasteiger partial charge in [0.25, 0.3) is 5.91 Å². The monoisotopic (exact) mass is 304 g/mol. The van der Waals surface area contributed by atoms with Crippen LogP contribution in [0.1, 0.15) is 22.8 Å². The van der Waals surface area contributed by atoms with Crippen LogP contribution in [0.5, 0.6) is 5.75 Å². The third-order valence-corrected chi connectivity index (χ3v) is 3.34. The first-order valence-corrected chi connectivity index (χ1v) is 7.08. The smallest absolute Gasteiger partial charge is 0.251 e. The molecule has 0 aliphatic carbocycles. The number of phenols is 1. The summed E-state index contributed by atoms with van der Waals surface area (Å²) in [6.45, 7) is 2.94. The lowest BCUT2D eigenvalue weighted by Gasteiger charge is -2.09. The molecule has 0 aromatic heterocycles. The maximum absolute atomic E-state index is 11.6. The zero-order valence-corrected chi connectivity index (χ0v) is 12.4. The van der Waals surface area contributed by atoms with Gasteiger partial charge >= 0.3 is 0 Å². The van der Waals surface area contributed by atoms with Crippen LogP contribution < -0.4 is 10.6 Å². The van der Waals surface area contributed by atoms with E-state index in [4.69, 9.17) is 11.6 Å². The lowest BCUT2D eigenvalue weighted by Crippen LogP contribution is -2.22. The molecule has 110 valence electrons. The Balaban J connectivity index is 2.01. The number of nitrogens with one attached hydrogen (secondary N) is 2. The van der Waals surface area contributed by atoms with Crippen molar-refractivity contribution < 1.29 is 9.90 Å². The molecule has 0 bridgehead atoms. The van der Waals surface area contributed by atoms with E-state index in [1.54, 1.807) is 30.3 Å². The van der Waals surface area contributed by atoms with Gasteiger partial charge in [-0.1, -0.05) is 23.7 Å². The van der Waals surface area contributed by atoms with Gasteiger partial charge in [0.2, 0.25) is 0 Å². The maximum atomic E-state index is 11.6. The van der Waals surface area contributed by atoms with Crippen molar-refractivity contribution in [2.24, 2.45) is 0 Å². The molecular formula is C16H17ClN2O2. The van der Waals surface area contributed by atoms with Crippen molar-refractivity contribution in [3.05, 3.63) is 58.6 Å². The van der Waals surface area contributed by atoms with Gasteiger partial charge in [0.15, 0.2) is 0 Å². The quantitative estimate of drug-likeness (QED) is 0.793. The van der Waals surface area contributed by atoms with E-state index >= 15 is 0 Å². The molecule has 21 heavy (non-hydrogen) atoms. The molecule has 2 aromatic carbocycles. The van der Waals surface area contributed by atoms with E-state index in [-0.39, 0.29) is 11.7 Å². The molecule has 0 atom stereocenters. The van der Waals surface area contributed by atoms with Crippen LogP contribution in [0, 0.1) is 0 Å². The Hall–Kier alpha value is -2.20. The third kappa shape index (κ3) is 3.89. The average molecular weight is 305 g/mol. The lowest BCUT2D eigenvalue weighted by atomic mass is 10.1. The molecule has 3 N–H and O–H groups in total. The van der Waals surface area contributed by atoms with Crippen LogP contribution in [-0.2, 0) is 6.54 Å². The number of rotatable bonds is 5. The summed E-state index contributed by atoms with van der Waals surface area (Å²) in [5.74, 6) is 0.00199. The van der Waals surface area contributed by atoms with Gasteiger partial charge in [-0.2, -0.15) is 0 Å².